The molecule has 1 aliphatic carbocycles. The summed E-state index contributed by atoms with van der Waals surface area (Å²) in [5, 5.41) is 19.2. The van der Waals surface area contributed by atoms with Gasteiger partial charge in [-0.3, -0.25) is 0 Å². The third kappa shape index (κ3) is 1.10. The van der Waals surface area contributed by atoms with Crippen LogP contribution in [0.25, 0.3) is 0 Å². The number of hydrogen-bond donors (Lipinski definition) is 2. The van der Waals surface area contributed by atoms with Crippen LogP contribution in [0.2, 0.25) is 0 Å². The smallest absolute Gasteiger partial charge is 0.0656 e. The fourth-order valence-electron chi connectivity index (χ4n) is 1.96. The molecule has 2 N–H and O–H groups in total. The van der Waals surface area contributed by atoms with Crippen molar-refractivity contribution in [3.05, 3.63) is 12.7 Å². The summed E-state index contributed by atoms with van der Waals surface area (Å²) >= 11 is 0. The quantitative estimate of drug-likeness (QED) is 0.587. The summed E-state index contributed by atoms with van der Waals surface area (Å²) in [6.45, 7) is 5.64. The molecule has 2 heteroatoms. The standard InChI is InChI=1S/C9H16O2/c1-3-9(4-2)7(10)5-6-8(9)11/h3,7-8,10-11H,1,4-6H2,2H3. The zero-order valence-electron chi connectivity index (χ0n) is 6.95. The van der Waals surface area contributed by atoms with Crippen molar-refractivity contribution in [2.45, 2.75) is 38.4 Å². The van der Waals surface area contributed by atoms with Crippen LogP contribution in [-0.2, 0) is 0 Å². The summed E-state index contributed by atoms with van der Waals surface area (Å²) in [5.41, 5.74) is -0.431. The van der Waals surface area contributed by atoms with Gasteiger partial charge in [0.1, 0.15) is 0 Å². The molecule has 2 unspecified atom stereocenters. The molecule has 64 valence electrons. The van der Waals surface area contributed by atoms with Crippen LogP contribution in [0.1, 0.15) is 26.2 Å². The van der Waals surface area contributed by atoms with E-state index in [1.807, 2.05) is 6.92 Å². The van der Waals surface area contributed by atoms with E-state index in [1.54, 1.807) is 6.08 Å². The molecule has 0 aromatic rings. The van der Waals surface area contributed by atoms with Gasteiger partial charge in [-0.2, -0.15) is 0 Å². The van der Waals surface area contributed by atoms with E-state index in [0.29, 0.717) is 12.8 Å². The number of aliphatic hydroxyl groups excluding tert-OH is 2. The van der Waals surface area contributed by atoms with Crippen LogP contribution in [0.4, 0.5) is 0 Å². The lowest BCUT2D eigenvalue weighted by atomic mass is 9.80. The lowest BCUT2D eigenvalue weighted by Crippen LogP contribution is -2.35. The van der Waals surface area contributed by atoms with Crippen molar-refractivity contribution in [2.75, 3.05) is 0 Å². The molecule has 1 fully saturated rings. The van der Waals surface area contributed by atoms with E-state index in [1.165, 1.54) is 0 Å². The highest BCUT2D eigenvalue weighted by Crippen LogP contribution is 2.42. The molecule has 0 saturated heterocycles. The minimum atomic E-state index is -0.431. The summed E-state index contributed by atoms with van der Waals surface area (Å²) in [4.78, 5) is 0. The van der Waals surface area contributed by atoms with Crippen LogP contribution < -0.4 is 0 Å². The second-order valence-corrected chi connectivity index (χ2v) is 3.28. The Hall–Kier alpha value is -0.340. The molecular weight excluding hydrogens is 140 g/mol. The Kier molecular flexibility index (Phi) is 2.35. The Morgan fingerprint density at radius 1 is 1.45 bits per heavy atom. The predicted octanol–water partition coefficient (Wildman–Crippen LogP) is 1.08. The highest BCUT2D eigenvalue weighted by molar-refractivity contribution is 5.07. The van der Waals surface area contributed by atoms with E-state index < -0.39 is 17.6 Å². The number of rotatable bonds is 2. The topological polar surface area (TPSA) is 40.5 Å². The Morgan fingerprint density at radius 3 is 2.09 bits per heavy atom. The maximum absolute atomic E-state index is 9.58. The summed E-state index contributed by atoms with van der Waals surface area (Å²) in [6.07, 6.45) is 3.05. The van der Waals surface area contributed by atoms with Gasteiger partial charge in [-0.05, 0) is 19.3 Å². The first-order valence-electron chi connectivity index (χ1n) is 4.17. The molecule has 0 aromatic carbocycles. The van der Waals surface area contributed by atoms with Crippen molar-refractivity contribution in [2.24, 2.45) is 5.41 Å². The van der Waals surface area contributed by atoms with E-state index >= 15 is 0 Å². The summed E-state index contributed by atoms with van der Waals surface area (Å²) in [5.74, 6) is 0. The van der Waals surface area contributed by atoms with Crippen molar-refractivity contribution in [1.82, 2.24) is 0 Å². The van der Waals surface area contributed by atoms with E-state index in [2.05, 4.69) is 6.58 Å². The zero-order valence-corrected chi connectivity index (χ0v) is 6.95. The molecule has 1 aliphatic rings. The SMILES string of the molecule is C=CC1(CC)C(O)CCC1O. The van der Waals surface area contributed by atoms with Gasteiger partial charge in [-0.15, -0.1) is 6.58 Å². The fourth-order valence-corrected chi connectivity index (χ4v) is 1.96. The minimum Gasteiger partial charge on any atom is -0.392 e. The van der Waals surface area contributed by atoms with Crippen LogP contribution >= 0.6 is 0 Å². The van der Waals surface area contributed by atoms with Crippen LogP contribution in [0.5, 0.6) is 0 Å². The van der Waals surface area contributed by atoms with Crippen LogP contribution in [0.15, 0.2) is 12.7 Å². The molecule has 1 saturated carbocycles. The molecule has 2 nitrogen and oxygen atoms in total. The molecular formula is C9H16O2. The third-order valence-electron chi connectivity index (χ3n) is 2.95. The van der Waals surface area contributed by atoms with Gasteiger partial charge < -0.3 is 10.2 Å². The van der Waals surface area contributed by atoms with Crippen LogP contribution in [0.3, 0.4) is 0 Å². The van der Waals surface area contributed by atoms with Gasteiger partial charge >= 0.3 is 0 Å². The van der Waals surface area contributed by atoms with Gasteiger partial charge in [-0.1, -0.05) is 13.0 Å². The monoisotopic (exact) mass is 156 g/mol. The average Bonchev–Trinajstić information content (AvgIpc) is 2.29. The normalized spacial score (nSPS) is 44.3. The average molecular weight is 156 g/mol. The summed E-state index contributed by atoms with van der Waals surface area (Å²) in [7, 11) is 0. The lowest BCUT2D eigenvalue weighted by molar-refractivity contribution is 0.00895. The number of hydrogen-bond acceptors (Lipinski definition) is 2. The molecule has 2 atom stereocenters. The Balaban J connectivity index is 2.85. The van der Waals surface area contributed by atoms with E-state index in [4.69, 9.17) is 0 Å². The highest BCUT2D eigenvalue weighted by atomic mass is 16.3. The summed E-state index contributed by atoms with van der Waals surface area (Å²) in [6, 6.07) is 0. The second-order valence-electron chi connectivity index (χ2n) is 3.28. The first-order chi connectivity index (χ1) is 5.17. The maximum atomic E-state index is 9.58. The molecule has 0 aromatic heterocycles. The van der Waals surface area contributed by atoms with Gasteiger partial charge in [0, 0.05) is 5.41 Å². The largest absolute Gasteiger partial charge is 0.392 e. The lowest BCUT2D eigenvalue weighted by Gasteiger charge is -2.30. The minimum absolute atomic E-state index is 0.403. The van der Waals surface area contributed by atoms with Crippen molar-refractivity contribution < 1.29 is 10.2 Å². The Labute approximate surface area is 67.6 Å². The van der Waals surface area contributed by atoms with E-state index in [0.717, 1.165) is 6.42 Å². The van der Waals surface area contributed by atoms with Crippen molar-refractivity contribution in [1.29, 1.82) is 0 Å². The van der Waals surface area contributed by atoms with E-state index in [-0.39, 0.29) is 0 Å². The molecule has 0 bridgehead atoms. The van der Waals surface area contributed by atoms with E-state index in [9.17, 15) is 10.2 Å². The number of aliphatic hydroxyl groups is 2. The molecule has 0 radical (unpaired) electrons. The fraction of sp³-hybridized carbons (Fsp3) is 0.778. The first-order valence-corrected chi connectivity index (χ1v) is 4.17. The zero-order chi connectivity index (χ0) is 8.48. The van der Waals surface area contributed by atoms with Gasteiger partial charge in [0.25, 0.3) is 0 Å². The first kappa shape index (κ1) is 8.75. The van der Waals surface area contributed by atoms with Crippen LogP contribution in [0, 0.1) is 5.41 Å². The molecule has 0 aliphatic heterocycles. The molecule has 0 heterocycles. The van der Waals surface area contributed by atoms with Gasteiger partial charge in [0.15, 0.2) is 0 Å². The predicted molar refractivity (Wildman–Crippen MR) is 44.2 cm³/mol. The van der Waals surface area contributed by atoms with Crippen molar-refractivity contribution in [3.8, 4) is 0 Å². The van der Waals surface area contributed by atoms with Gasteiger partial charge in [0.05, 0.1) is 12.2 Å². The molecule has 11 heavy (non-hydrogen) atoms. The van der Waals surface area contributed by atoms with Gasteiger partial charge in [0.2, 0.25) is 0 Å². The van der Waals surface area contributed by atoms with Crippen molar-refractivity contribution >= 4 is 0 Å². The highest BCUT2D eigenvalue weighted by Gasteiger charge is 2.45. The second kappa shape index (κ2) is 2.95. The summed E-state index contributed by atoms with van der Waals surface area (Å²) < 4.78 is 0. The van der Waals surface area contributed by atoms with Gasteiger partial charge in [-0.25, -0.2) is 0 Å². The van der Waals surface area contributed by atoms with Crippen LogP contribution in [-0.4, -0.2) is 22.4 Å². The molecule has 1 rings (SSSR count). The third-order valence-corrected chi connectivity index (χ3v) is 2.95. The Bertz CT molecular complexity index is 144. The Morgan fingerprint density at radius 2 is 1.91 bits per heavy atom. The molecule has 0 spiro atoms. The van der Waals surface area contributed by atoms with Crippen molar-refractivity contribution in [3.63, 3.8) is 0 Å². The molecule has 0 amide bonds. The maximum Gasteiger partial charge on any atom is 0.0656 e.